The van der Waals surface area contributed by atoms with Crippen molar-refractivity contribution in [1.82, 2.24) is 5.32 Å². The van der Waals surface area contributed by atoms with Gasteiger partial charge >= 0.3 is 0 Å². The van der Waals surface area contributed by atoms with Crippen LogP contribution in [0, 0.1) is 17.7 Å². The molecule has 24 heavy (non-hydrogen) atoms. The molecular formula is C19H25ClFNO2. The van der Waals surface area contributed by atoms with Gasteiger partial charge in [-0.15, -0.1) is 0 Å². The molecule has 2 fully saturated rings. The first kappa shape index (κ1) is 17.7. The molecule has 5 atom stereocenters. The maximum absolute atomic E-state index is 13.4. The Bertz CT molecular complexity index is 638. The van der Waals surface area contributed by atoms with Crippen LogP contribution in [0.2, 0.25) is 5.02 Å². The van der Waals surface area contributed by atoms with Gasteiger partial charge in [-0.3, -0.25) is 4.79 Å². The Balaban J connectivity index is 1.93. The summed E-state index contributed by atoms with van der Waals surface area (Å²) in [5, 5.41) is 3.55. The summed E-state index contributed by atoms with van der Waals surface area (Å²) >= 11 is 6.26. The normalized spacial score (nSPS) is 36.0. The van der Waals surface area contributed by atoms with Gasteiger partial charge in [0.05, 0.1) is 12.2 Å². The number of nitrogens with one attached hydrogen (secondary N) is 1. The van der Waals surface area contributed by atoms with Crippen LogP contribution in [0.5, 0.6) is 0 Å². The Hall–Kier alpha value is -1.13. The Morgan fingerprint density at radius 1 is 1.42 bits per heavy atom. The molecule has 0 bridgehead atoms. The van der Waals surface area contributed by atoms with E-state index in [-0.39, 0.29) is 29.5 Å². The molecule has 1 amide bonds. The van der Waals surface area contributed by atoms with E-state index in [9.17, 15) is 9.18 Å². The third-order valence-electron chi connectivity index (χ3n) is 5.59. The number of benzene rings is 1. The van der Waals surface area contributed by atoms with Crippen molar-refractivity contribution in [2.45, 2.75) is 64.2 Å². The number of hydrogen-bond donors (Lipinski definition) is 1. The van der Waals surface area contributed by atoms with Crippen LogP contribution in [0.15, 0.2) is 18.2 Å². The average molecular weight is 354 g/mol. The standard InChI is InChI=1S/C19H25ClFNO2/c1-11-4-7-15-17(8-11)24-18(10-19(15,3)22-12(2)23)14-6-5-13(21)9-16(14)20/h5-6,9,11,15,17-18H,4,7-8,10H2,1-3H3,(H,22,23)/t11-,15-,17-,18-,19-/m1/s1. The topological polar surface area (TPSA) is 38.3 Å². The second-order valence-electron chi connectivity index (χ2n) is 7.66. The molecular weight excluding hydrogens is 329 g/mol. The van der Waals surface area contributed by atoms with Crippen LogP contribution in [0.3, 0.4) is 0 Å². The van der Waals surface area contributed by atoms with Crippen molar-refractivity contribution in [2.75, 3.05) is 0 Å². The van der Waals surface area contributed by atoms with Gasteiger partial charge in [-0.25, -0.2) is 4.39 Å². The van der Waals surface area contributed by atoms with E-state index in [2.05, 4.69) is 19.2 Å². The Morgan fingerprint density at radius 2 is 2.17 bits per heavy atom. The van der Waals surface area contributed by atoms with E-state index in [1.54, 1.807) is 13.0 Å². The molecule has 5 heteroatoms. The molecule has 1 aromatic rings. The van der Waals surface area contributed by atoms with Crippen LogP contribution in [0.4, 0.5) is 4.39 Å². The highest BCUT2D eigenvalue weighted by molar-refractivity contribution is 6.31. The lowest BCUT2D eigenvalue weighted by molar-refractivity contribution is -0.153. The van der Waals surface area contributed by atoms with Gasteiger partial charge < -0.3 is 10.1 Å². The molecule has 2 aliphatic rings. The summed E-state index contributed by atoms with van der Waals surface area (Å²) < 4.78 is 19.8. The largest absolute Gasteiger partial charge is 0.370 e. The first-order valence-corrected chi connectivity index (χ1v) is 9.05. The Labute approximate surface area is 147 Å². The maximum atomic E-state index is 13.4. The molecule has 0 radical (unpaired) electrons. The van der Waals surface area contributed by atoms with Gasteiger partial charge in [0.2, 0.25) is 5.91 Å². The monoisotopic (exact) mass is 353 g/mol. The highest BCUT2D eigenvalue weighted by Gasteiger charge is 2.49. The van der Waals surface area contributed by atoms with Crippen molar-refractivity contribution in [3.8, 4) is 0 Å². The molecule has 132 valence electrons. The molecule has 0 aromatic heterocycles. The van der Waals surface area contributed by atoms with Gasteiger partial charge in [0.25, 0.3) is 0 Å². The van der Waals surface area contributed by atoms with Crippen molar-refractivity contribution in [2.24, 2.45) is 11.8 Å². The molecule has 1 aromatic carbocycles. The van der Waals surface area contributed by atoms with Crippen molar-refractivity contribution in [3.63, 3.8) is 0 Å². The average Bonchev–Trinajstić information content (AvgIpc) is 2.45. The lowest BCUT2D eigenvalue weighted by Crippen LogP contribution is -2.60. The van der Waals surface area contributed by atoms with Crippen LogP contribution in [-0.2, 0) is 9.53 Å². The summed E-state index contributed by atoms with van der Waals surface area (Å²) in [6.07, 6.45) is 3.68. The van der Waals surface area contributed by atoms with E-state index in [1.807, 2.05) is 0 Å². The third kappa shape index (κ3) is 3.45. The van der Waals surface area contributed by atoms with Crippen molar-refractivity contribution >= 4 is 17.5 Å². The minimum atomic E-state index is -0.353. The minimum Gasteiger partial charge on any atom is -0.370 e. The number of amides is 1. The molecule has 1 saturated heterocycles. The Kier molecular flexibility index (Phi) is 4.89. The zero-order valence-electron chi connectivity index (χ0n) is 14.4. The molecule has 1 N–H and O–H groups in total. The van der Waals surface area contributed by atoms with E-state index in [0.717, 1.165) is 24.8 Å². The van der Waals surface area contributed by atoms with Crippen molar-refractivity contribution < 1.29 is 13.9 Å². The van der Waals surface area contributed by atoms with E-state index >= 15 is 0 Å². The van der Waals surface area contributed by atoms with Crippen molar-refractivity contribution in [3.05, 3.63) is 34.6 Å². The van der Waals surface area contributed by atoms with E-state index in [0.29, 0.717) is 23.3 Å². The zero-order chi connectivity index (χ0) is 17.5. The highest BCUT2D eigenvalue weighted by atomic mass is 35.5. The van der Waals surface area contributed by atoms with Crippen LogP contribution < -0.4 is 5.32 Å². The highest BCUT2D eigenvalue weighted by Crippen LogP contribution is 2.48. The number of carbonyl (C=O) groups excluding carboxylic acids is 1. The number of fused-ring (bicyclic) bond motifs is 1. The molecule has 1 heterocycles. The summed E-state index contributed by atoms with van der Waals surface area (Å²) in [6.45, 7) is 5.90. The number of hydrogen-bond acceptors (Lipinski definition) is 2. The number of halogens is 2. The second kappa shape index (κ2) is 6.64. The predicted octanol–water partition coefficient (Wildman–Crippen LogP) is 4.64. The molecule has 1 aliphatic heterocycles. The summed E-state index contributed by atoms with van der Waals surface area (Å²) in [5.74, 6) is 0.525. The lowest BCUT2D eigenvalue weighted by atomic mass is 9.66. The summed E-state index contributed by atoms with van der Waals surface area (Å²) in [5.41, 5.74) is 0.461. The van der Waals surface area contributed by atoms with Crippen LogP contribution in [0.1, 0.15) is 58.1 Å². The number of carbonyl (C=O) groups is 1. The summed E-state index contributed by atoms with van der Waals surface area (Å²) in [6, 6.07) is 4.44. The fourth-order valence-corrected chi connectivity index (χ4v) is 4.78. The summed E-state index contributed by atoms with van der Waals surface area (Å²) in [7, 11) is 0. The van der Waals surface area contributed by atoms with Gasteiger partial charge in [0.15, 0.2) is 0 Å². The van der Waals surface area contributed by atoms with E-state index in [1.165, 1.54) is 12.1 Å². The first-order valence-electron chi connectivity index (χ1n) is 8.67. The zero-order valence-corrected chi connectivity index (χ0v) is 15.2. The van der Waals surface area contributed by atoms with Gasteiger partial charge in [-0.2, -0.15) is 0 Å². The second-order valence-corrected chi connectivity index (χ2v) is 8.06. The van der Waals surface area contributed by atoms with Crippen LogP contribution in [0.25, 0.3) is 0 Å². The fraction of sp³-hybridized carbons (Fsp3) is 0.632. The molecule has 3 nitrogen and oxygen atoms in total. The van der Waals surface area contributed by atoms with Gasteiger partial charge in [0.1, 0.15) is 5.82 Å². The van der Waals surface area contributed by atoms with Crippen LogP contribution >= 0.6 is 11.6 Å². The van der Waals surface area contributed by atoms with Gasteiger partial charge in [0, 0.05) is 29.8 Å². The molecule has 1 aliphatic carbocycles. The number of ether oxygens (including phenoxy) is 1. The van der Waals surface area contributed by atoms with Gasteiger partial charge in [-0.05, 0) is 43.4 Å². The fourth-order valence-electron chi connectivity index (χ4n) is 4.50. The molecule has 3 rings (SSSR count). The number of rotatable bonds is 2. The lowest BCUT2D eigenvalue weighted by Gasteiger charge is -2.52. The quantitative estimate of drug-likeness (QED) is 0.841. The van der Waals surface area contributed by atoms with Crippen molar-refractivity contribution in [1.29, 1.82) is 0 Å². The predicted molar refractivity (Wildman–Crippen MR) is 92.4 cm³/mol. The maximum Gasteiger partial charge on any atom is 0.217 e. The smallest absolute Gasteiger partial charge is 0.217 e. The van der Waals surface area contributed by atoms with Gasteiger partial charge in [-0.1, -0.05) is 31.0 Å². The third-order valence-corrected chi connectivity index (χ3v) is 5.92. The Morgan fingerprint density at radius 3 is 2.83 bits per heavy atom. The van der Waals surface area contributed by atoms with E-state index in [4.69, 9.17) is 16.3 Å². The van der Waals surface area contributed by atoms with E-state index < -0.39 is 0 Å². The summed E-state index contributed by atoms with van der Waals surface area (Å²) in [4.78, 5) is 11.8. The SMILES string of the molecule is CC(=O)N[C@]1(C)C[C@H](c2ccc(F)cc2Cl)O[C@@H]2C[C@H](C)CC[C@H]21. The minimum absolute atomic E-state index is 0.0271. The molecule has 1 saturated carbocycles. The first-order chi connectivity index (χ1) is 11.3. The molecule has 0 spiro atoms. The van der Waals surface area contributed by atoms with Crippen LogP contribution in [-0.4, -0.2) is 17.6 Å². The molecule has 0 unspecified atom stereocenters.